The number of hydrogen-bond acceptors (Lipinski definition) is 5. The van der Waals surface area contributed by atoms with Crippen molar-refractivity contribution in [3.05, 3.63) is 90.0 Å². The summed E-state index contributed by atoms with van der Waals surface area (Å²) in [5.41, 5.74) is 7.80. The van der Waals surface area contributed by atoms with E-state index in [1.165, 1.54) is 0 Å². The summed E-state index contributed by atoms with van der Waals surface area (Å²) in [4.78, 5) is 27.1. The molecule has 3 N–H and O–H groups in total. The van der Waals surface area contributed by atoms with E-state index in [2.05, 4.69) is 5.32 Å². The lowest BCUT2D eigenvalue weighted by atomic mass is 10.1. The van der Waals surface area contributed by atoms with E-state index in [0.29, 0.717) is 48.8 Å². The minimum atomic E-state index is -0.259. The zero-order valence-corrected chi connectivity index (χ0v) is 18.7. The van der Waals surface area contributed by atoms with Gasteiger partial charge in [0.25, 0.3) is 11.8 Å². The maximum Gasteiger partial charge on any atom is 0.262 e. The maximum absolute atomic E-state index is 13.1. The molecule has 0 bridgehead atoms. The molecule has 0 aliphatic rings. The van der Waals surface area contributed by atoms with Gasteiger partial charge in [0.2, 0.25) is 0 Å². The third-order valence-electron chi connectivity index (χ3n) is 4.95. The molecule has 33 heavy (non-hydrogen) atoms. The molecule has 172 valence electrons. The lowest BCUT2D eigenvalue weighted by Crippen LogP contribution is -2.32. The summed E-state index contributed by atoms with van der Waals surface area (Å²) in [6.45, 7) is 1.33. The molecular formula is C26H29N3O4. The molecule has 3 aromatic carbocycles. The normalized spacial score (nSPS) is 10.4. The summed E-state index contributed by atoms with van der Waals surface area (Å²) < 4.78 is 10.7. The second-order valence-electron chi connectivity index (χ2n) is 7.45. The molecule has 0 saturated heterocycles. The highest BCUT2D eigenvalue weighted by Gasteiger charge is 2.16. The molecule has 7 heteroatoms. The van der Waals surface area contributed by atoms with E-state index >= 15 is 0 Å². The molecule has 0 atom stereocenters. The highest BCUT2D eigenvalue weighted by molar-refractivity contribution is 5.94. The monoisotopic (exact) mass is 447 g/mol. The Balaban J connectivity index is 1.64. The van der Waals surface area contributed by atoms with E-state index < -0.39 is 0 Å². The second-order valence-corrected chi connectivity index (χ2v) is 7.45. The molecule has 3 aromatic rings. The minimum absolute atomic E-state index is 0.0863. The average Bonchev–Trinajstić information content (AvgIpc) is 2.86. The number of ether oxygens (including phenoxy) is 2. The van der Waals surface area contributed by atoms with Crippen molar-refractivity contribution in [1.82, 2.24) is 4.90 Å². The molecule has 0 fully saturated rings. The number of carbonyl (C=O) groups is 2. The van der Waals surface area contributed by atoms with E-state index in [-0.39, 0.29) is 18.4 Å². The van der Waals surface area contributed by atoms with E-state index in [0.717, 1.165) is 5.56 Å². The van der Waals surface area contributed by atoms with Crippen molar-refractivity contribution in [3.63, 3.8) is 0 Å². The first-order valence-electron chi connectivity index (χ1n) is 10.8. The summed E-state index contributed by atoms with van der Waals surface area (Å²) in [5, 5.41) is 2.84. The van der Waals surface area contributed by atoms with Gasteiger partial charge in [-0.15, -0.1) is 0 Å². The highest BCUT2D eigenvalue weighted by atomic mass is 16.5. The average molecular weight is 448 g/mol. The smallest absolute Gasteiger partial charge is 0.262 e. The SMILES string of the molecule is COc1ccc(C(=O)N(CCCN)Cc2cccc(NC(=O)COc3ccccc3)c2)cc1. The number of nitrogens with zero attached hydrogens (tertiary/aromatic N) is 1. The van der Waals surface area contributed by atoms with Gasteiger partial charge in [-0.3, -0.25) is 9.59 Å². The van der Waals surface area contributed by atoms with Crippen molar-refractivity contribution in [1.29, 1.82) is 0 Å². The van der Waals surface area contributed by atoms with Crippen molar-refractivity contribution in [2.75, 3.05) is 32.1 Å². The summed E-state index contributed by atoms with van der Waals surface area (Å²) in [6.07, 6.45) is 0.690. The van der Waals surface area contributed by atoms with Gasteiger partial charge in [-0.1, -0.05) is 30.3 Å². The number of benzene rings is 3. The number of anilines is 1. The summed E-state index contributed by atoms with van der Waals surface area (Å²) in [5.74, 6) is 0.982. The van der Waals surface area contributed by atoms with Crippen molar-refractivity contribution in [2.24, 2.45) is 5.73 Å². The van der Waals surface area contributed by atoms with E-state index in [1.807, 2.05) is 36.4 Å². The van der Waals surface area contributed by atoms with Crippen molar-refractivity contribution >= 4 is 17.5 Å². The lowest BCUT2D eigenvalue weighted by Gasteiger charge is -2.23. The topological polar surface area (TPSA) is 93.9 Å². The van der Waals surface area contributed by atoms with Gasteiger partial charge in [0.1, 0.15) is 11.5 Å². The van der Waals surface area contributed by atoms with Gasteiger partial charge in [0, 0.05) is 24.3 Å². The molecular weight excluding hydrogens is 418 g/mol. The highest BCUT2D eigenvalue weighted by Crippen LogP contribution is 2.17. The summed E-state index contributed by atoms with van der Waals surface area (Å²) in [6, 6.07) is 23.6. The van der Waals surface area contributed by atoms with Crippen molar-refractivity contribution in [3.8, 4) is 11.5 Å². The molecule has 0 radical (unpaired) electrons. The molecule has 0 aliphatic carbocycles. The Morgan fingerprint density at radius 1 is 0.939 bits per heavy atom. The number of hydrogen-bond donors (Lipinski definition) is 2. The molecule has 0 spiro atoms. The maximum atomic E-state index is 13.1. The fourth-order valence-electron chi connectivity index (χ4n) is 3.28. The Morgan fingerprint density at radius 2 is 1.70 bits per heavy atom. The van der Waals surface area contributed by atoms with Crippen LogP contribution in [0.2, 0.25) is 0 Å². The predicted octanol–water partition coefficient (Wildman–Crippen LogP) is 3.70. The Morgan fingerprint density at radius 3 is 2.39 bits per heavy atom. The Bertz CT molecular complexity index is 1040. The molecule has 2 amide bonds. The van der Waals surface area contributed by atoms with Crippen LogP contribution in [0.1, 0.15) is 22.3 Å². The number of methoxy groups -OCH3 is 1. The molecule has 3 rings (SSSR count). The fraction of sp³-hybridized carbons (Fsp3) is 0.231. The van der Waals surface area contributed by atoms with Gasteiger partial charge < -0.3 is 25.4 Å². The molecule has 7 nitrogen and oxygen atoms in total. The van der Waals surface area contributed by atoms with Crippen LogP contribution in [0.5, 0.6) is 11.5 Å². The number of amides is 2. The summed E-state index contributed by atoms with van der Waals surface area (Å²) in [7, 11) is 1.59. The van der Waals surface area contributed by atoms with E-state index in [1.54, 1.807) is 54.5 Å². The number of rotatable bonds is 11. The Kier molecular flexibility index (Phi) is 8.85. The van der Waals surface area contributed by atoms with Gasteiger partial charge in [-0.25, -0.2) is 0 Å². The lowest BCUT2D eigenvalue weighted by molar-refractivity contribution is -0.118. The van der Waals surface area contributed by atoms with Gasteiger partial charge in [0.15, 0.2) is 6.61 Å². The zero-order valence-electron chi connectivity index (χ0n) is 18.7. The van der Waals surface area contributed by atoms with Gasteiger partial charge in [-0.05, 0) is 67.1 Å². The first-order chi connectivity index (χ1) is 16.1. The largest absolute Gasteiger partial charge is 0.497 e. The first-order valence-corrected chi connectivity index (χ1v) is 10.8. The van der Waals surface area contributed by atoms with Gasteiger partial charge in [-0.2, -0.15) is 0 Å². The van der Waals surface area contributed by atoms with Gasteiger partial charge >= 0.3 is 0 Å². The molecule has 0 saturated carbocycles. The number of nitrogens with two attached hydrogens (primary N) is 1. The second kappa shape index (κ2) is 12.3. The molecule has 0 aromatic heterocycles. The van der Waals surface area contributed by atoms with Crippen LogP contribution < -0.4 is 20.5 Å². The zero-order chi connectivity index (χ0) is 23.5. The van der Waals surface area contributed by atoms with Crippen LogP contribution in [0.15, 0.2) is 78.9 Å². The molecule has 0 aliphatic heterocycles. The van der Waals surface area contributed by atoms with Crippen LogP contribution in [-0.4, -0.2) is 43.5 Å². The van der Waals surface area contributed by atoms with E-state index in [9.17, 15) is 9.59 Å². The molecule has 0 heterocycles. The molecule has 0 unspecified atom stereocenters. The van der Waals surface area contributed by atoms with Crippen LogP contribution in [0.4, 0.5) is 5.69 Å². The minimum Gasteiger partial charge on any atom is -0.497 e. The third-order valence-corrected chi connectivity index (χ3v) is 4.95. The number of para-hydroxylation sites is 1. The summed E-state index contributed by atoms with van der Waals surface area (Å²) >= 11 is 0. The van der Waals surface area contributed by atoms with Crippen LogP contribution in [0, 0.1) is 0 Å². The van der Waals surface area contributed by atoms with Crippen LogP contribution >= 0.6 is 0 Å². The Hall–Kier alpha value is -3.84. The van der Waals surface area contributed by atoms with Crippen LogP contribution in [0.25, 0.3) is 0 Å². The fourth-order valence-corrected chi connectivity index (χ4v) is 3.28. The predicted molar refractivity (Wildman–Crippen MR) is 128 cm³/mol. The third kappa shape index (κ3) is 7.36. The van der Waals surface area contributed by atoms with Crippen molar-refractivity contribution < 1.29 is 19.1 Å². The van der Waals surface area contributed by atoms with Gasteiger partial charge in [0.05, 0.1) is 7.11 Å². The standard InChI is InChI=1S/C26H29N3O4/c1-32-23-13-11-21(12-14-23)26(31)29(16-6-15-27)18-20-7-5-8-22(17-20)28-25(30)19-33-24-9-3-2-4-10-24/h2-5,7-14,17H,6,15-16,18-19,27H2,1H3,(H,28,30). The van der Waals surface area contributed by atoms with E-state index in [4.69, 9.17) is 15.2 Å². The van der Waals surface area contributed by atoms with Crippen LogP contribution in [0.3, 0.4) is 0 Å². The quantitative estimate of drug-likeness (QED) is 0.467. The van der Waals surface area contributed by atoms with Crippen LogP contribution in [-0.2, 0) is 11.3 Å². The van der Waals surface area contributed by atoms with Crippen molar-refractivity contribution in [2.45, 2.75) is 13.0 Å². The Labute approximate surface area is 194 Å². The number of carbonyl (C=O) groups excluding carboxylic acids is 2. The first kappa shape index (κ1) is 23.8. The number of nitrogens with one attached hydrogen (secondary N) is 1.